The van der Waals surface area contributed by atoms with Gasteiger partial charge in [0.25, 0.3) is 5.91 Å². The molecule has 0 atom stereocenters. The Morgan fingerprint density at radius 3 is 2.44 bits per heavy atom. The maximum Gasteiger partial charge on any atom is 0.266 e. The normalized spacial score (nSPS) is 13.8. The molecule has 0 aliphatic carbocycles. The van der Waals surface area contributed by atoms with Crippen LogP contribution in [0.4, 0.5) is 11.5 Å². The van der Waals surface area contributed by atoms with Gasteiger partial charge in [-0.3, -0.25) is 4.79 Å². The number of fused-ring (bicyclic) bond motifs is 1. The molecule has 1 amide bonds. The standard InChI is InChI=1S/C25H24N4O2S/c1-17-21-23(29-14-6-3-7-15-29)26-16-27-25(21)32-22(17)24(30)28-18-10-12-20(13-11-18)31-19-8-4-2-5-9-19/h2,4-5,8-13,16H,3,6-7,14-15H2,1H3,(H,28,30). The van der Waals surface area contributed by atoms with Gasteiger partial charge in [0.15, 0.2) is 0 Å². The molecule has 1 aliphatic heterocycles. The summed E-state index contributed by atoms with van der Waals surface area (Å²) in [6.45, 7) is 3.99. The number of carbonyl (C=O) groups is 1. The van der Waals surface area contributed by atoms with Gasteiger partial charge in [-0.05, 0) is 68.1 Å². The number of carbonyl (C=O) groups excluding carboxylic acids is 1. The van der Waals surface area contributed by atoms with Crippen LogP contribution in [0.1, 0.15) is 34.5 Å². The number of benzene rings is 2. The predicted octanol–water partition coefficient (Wildman–Crippen LogP) is 6.03. The molecule has 1 N–H and O–H groups in total. The molecule has 2 aromatic carbocycles. The number of anilines is 2. The van der Waals surface area contributed by atoms with E-state index in [-0.39, 0.29) is 5.91 Å². The number of amides is 1. The number of para-hydroxylation sites is 1. The largest absolute Gasteiger partial charge is 0.457 e. The number of thiophene rings is 1. The molecular weight excluding hydrogens is 420 g/mol. The van der Waals surface area contributed by atoms with E-state index in [4.69, 9.17) is 4.74 Å². The molecule has 1 saturated heterocycles. The molecule has 3 heterocycles. The van der Waals surface area contributed by atoms with E-state index in [0.717, 1.165) is 46.1 Å². The van der Waals surface area contributed by atoms with E-state index >= 15 is 0 Å². The Hall–Kier alpha value is -3.45. The predicted molar refractivity (Wildman–Crippen MR) is 129 cm³/mol. The Balaban J connectivity index is 1.35. The van der Waals surface area contributed by atoms with E-state index in [0.29, 0.717) is 10.6 Å². The Morgan fingerprint density at radius 1 is 0.969 bits per heavy atom. The lowest BCUT2D eigenvalue weighted by Gasteiger charge is -2.28. The average molecular weight is 445 g/mol. The van der Waals surface area contributed by atoms with E-state index in [1.54, 1.807) is 6.33 Å². The fraction of sp³-hybridized carbons (Fsp3) is 0.240. The Kier molecular flexibility index (Phi) is 5.73. The van der Waals surface area contributed by atoms with Gasteiger partial charge in [0, 0.05) is 18.8 Å². The first kappa shape index (κ1) is 20.5. The van der Waals surface area contributed by atoms with Crippen molar-refractivity contribution in [3.8, 4) is 11.5 Å². The summed E-state index contributed by atoms with van der Waals surface area (Å²) in [4.78, 5) is 25.9. The monoisotopic (exact) mass is 444 g/mol. The van der Waals surface area contributed by atoms with Gasteiger partial charge in [0.1, 0.15) is 28.5 Å². The molecule has 162 valence electrons. The molecular formula is C25H24N4O2S. The number of aryl methyl sites for hydroxylation is 1. The van der Waals surface area contributed by atoms with Crippen molar-refractivity contribution in [2.24, 2.45) is 0 Å². The number of rotatable bonds is 5. The molecule has 7 heteroatoms. The number of nitrogens with zero attached hydrogens (tertiary/aromatic N) is 3. The summed E-state index contributed by atoms with van der Waals surface area (Å²) in [6.07, 6.45) is 5.21. The molecule has 4 aromatic rings. The lowest BCUT2D eigenvalue weighted by Crippen LogP contribution is -2.30. The quantitative estimate of drug-likeness (QED) is 0.407. The van der Waals surface area contributed by atoms with Crippen LogP contribution in [-0.2, 0) is 0 Å². The van der Waals surface area contributed by atoms with Gasteiger partial charge in [-0.1, -0.05) is 18.2 Å². The first-order valence-corrected chi connectivity index (χ1v) is 11.6. The highest BCUT2D eigenvalue weighted by atomic mass is 32.1. The first-order chi connectivity index (χ1) is 15.7. The van der Waals surface area contributed by atoms with E-state index in [1.807, 2.05) is 61.5 Å². The summed E-state index contributed by atoms with van der Waals surface area (Å²) < 4.78 is 5.82. The van der Waals surface area contributed by atoms with Crippen molar-refractivity contribution < 1.29 is 9.53 Å². The molecule has 6 nitrogen and oxygen atoms in total. The van der Waals surface area contributed by atoms with E-state index in [1.165, 1.54) is 30.6 Å². The zero-order valence-electron chi connectivity index (χ0n) is 17.9. The zero-order chi connectivity index (χ0) is 21.9. The SMILES string of the molecule is Cc1c(C(=O)Nc2ccc(Oc3ccccc3)cc2)sc2ncnc(N3CCCCC3)c12. The number of piperidine rings is 1. The summed E-state index contributed by atoms with van der Waals surface area (Å²) >= 11 is 1.42. The van der Waals surface area contributed by atoms with E-state index in [9.17, 15) is 4.79 Å². The molecule has 0 saturated carbocycles. The maximum absolute atomic E-state index is 13.1. The van der Waals surface area contributed by atoms with Crippen LogP contribution in [-0.4, -0.2) is 29.0 Å². The molecule has 0 unspecified atom stereocenters. The third kappa shape index (κ3) is 4.16. The van der Waals surface area contributed by atoms with Gasteiger partial charge in [-0.25, -0.2) is 9.97 Å². The minimum atomic E-state index is -0.133. The molecule has 1 fully saturated rings. The molecule has 0 radical (unpaired) electrons. The van der Waals surface area contributed by atoms with E-state index < -0.39 is 0 Å². The number of nitrogens with one attached hydrogen (secondary N) is 1. The van der Waals surface area contributed by atoms with Crippen LogP contribution in [0.3, 0.4) is 0 Å². The van der Waals surface area contributed by atoms with Crippen molar-refractivity contribution in [2.45, 2.75) is 26.2 Å². The molecule has 5 rings (SSSR count). The van der Waals surface area contributed by atoms with Crippen LogP contribution in [0.15, 0.2) is 60.9 Å². The summed E-state index contributed by atoms with van der Waals surface area (Å²) in [5, 5.41) is 4.00. The second-order valence-electron chi connectivity index (χ2n) is 7.87. The van der Waals surface area contributed by atoms with Gasteiger partial charge < -0.3 is 15.0 Å². The third-order valence-corrected chi connectivity index (χ3v) is 6.86. The molecule has 32 heavy (non-hydrogen) atoms. The highest BCUT2D eigenvalue weighted by molar-refractivity contribution is 7.20. The van der Waals surface area contributed by atoms with Crippen LogP contribution < -0.4 is 15.0 Å². The average Bonchev–Trinajstić information content (AvgIpc) is 3.18. The number of ether oxygens (including phenoxy) is 1. The van der Waals surface area contributed by atoms with Crippen molar-refractivity contribution in [3.63, 3.8) is 0 Å². The highest BCUT2D eigenvalue weighted by Gasteiger charge is 2.23. The summed E-state index contributed by atoms with van der Waals surface area (Å²) in [6, 6.07) is 17.0. The summed E-state index contributed by atoms with van der Waals surface area (Å²) in [5.74, 6) is 2.31. The number of hydrogen-bond acceptors (Lipinski definition) is 6. The molecule has 1 aliphatic rings. The van der Waals surface area contributed by atoms with Gasteiger partial charge in [-0.2, -0.15) is 0 Å². The topological polar surface area (TPSA) is 67.3 Å². The fourth-order valence-corrected chi connectivity index (χ4v) is 5.07. The minimum Gasteiger partial charge on any atom is -0.457 e. The lowest BCUT2D eigenvalue weighted by molar-refractivity contribution is 0.103. The van der Waals surface area contributed by atoms with Crippen LogP contribution >= 0.6 is 11.3 Å². The van der Waals surface area contributed by atoms with Gasteiger partial charge in [0.05, 0.1) is 10.3 Å². The van der Waals surface area contributed by atoms with Crippen molar-refractivity contribution in [2.75, 3.05) is 23.3 Å². The van der Waals surface area contributed by atoms with Gasteiger partial charge >= 0.3 is 0 Å². The minimum absolute atomic E-state index is 0.133. The Bertz CT molecular complexity index is 1230. The smallest absolute Gasteiger partial charge is 0.266 e. The van der Waals surface area contributed by atoms with E-state index in [2.05, 4.69) is 20.2 Å². The van der Waals surface area contributed by atoms with Crippen molar-refractivity contribution in [3.05, 3.63) is 71.4 Å². The lowest BCUT2D eigenvalue weighted by atomic mass is 10.1. The zero-order valence-corrected chi connectivity index (χ0v) is 18.7. The second-order valence-corrected chi connectivity index (χ2v) is 8.87. The van der Waals surface area contributed by atoms with Crippen LogP contribution in [0.25, 0.3) is 10.2 Å². The van der Waals surface area contributed by atoms with Crippen molar-refractivity contribution >= 4 is 39.0 Å². The maximum atomic E-state index is 13.1. The summed E-state index contributed by atoms with van der Waals surface area (Å²) in [5.41, 5.74) is 1.65. The van der Waals surface area contributed by atoms with Crippen LogP contribution in [0.2, 0.25) is 0 Å². The third-order valence-electron chi connectivity index (χ3n) is 5.66. The fourth-order valence-electron chi connectivity index (χ4n) is 4.03. The first-order valence-electron chi connectivity index (χ1n) is 10.8. The number of aromatic nitrogens is 2. The molecule has 2 aromatic heterocycles. The Morgan fingerprint density at radius 2 is 1.69 bits per heavy atom. The van der Waals surface area contributed by atoms with Crippen molar-refractivity contribution in [1.82, 2.24) is 9.97 Å². The Labute approximate surface area is 190 Å². The van der Waals surface area contributed by atoms with Crippen molar-refractivity contribution in [1.29, 1.82) is 0 Å². The van der Waals surface area contributed by atoms with Gasteiger partial charge in [0.2, 0.25) is 0 Å². The van der Waals surface area contributed by atoms with Crippen LogP contribution in [0.5, 0.6) is 11.5 Å². The second kappa shape index (κ2) is 8.96. The number of hydrogen-bond donors (Lipinski definition) is 1. The van der Waals surface area contributed by atoms with Gasteiger partial charge in [-0.15, -0.1) is 11.3 Å². The molecule has 0 spiro atoms. The van der Waals surface area contributed by atoms with Crippen LogP contribution in [0, 0.1) is 6.92 Å². The molecule has 0 bridgehead atoms. The highest BCUT2D eigenvalue weighted by Crippen LogP contribution is 2.36. The summed E-state index contributed by atoms with van der Waals surface area (Å²) in [7, 11) is 0.